The number of hydrogen-bond donors (Lipinski definition) is 4. The van der Waals surface area contributed by atoms with E-state index >= 15 is 0 Å². The Bertz CT molecular complexity index is 583. The quantitative estimate of drug-likeness (QED) is 0.488. The van der Waals surface area contributed by atoms with Crippen LogP contribution in [0.1, 0.15) is 6.92 Å². The van der Waals surface area contributed by atoms with Crippen molar-refractivity contribution in [2.75, 3.05) is 36.9 Å². The van der Waals surface area contributed by atoms with E-state index in [1.807, 2.05) is 6.92 Å². The first-order valence-corrected chi connectivity index (χ1v) is 6.25. The predicted octanol–water partition coefficient (Wildman–Crippen LogP) is -0.301. The molecule has 2 aromatic heterocycles. The molecule has 108 valence electrons. The first-order valence-electron chi connectivity index (χ1n) is 6.25. The lowest BCUT2D eigenvalue weighted by molar-refractivity contribution is -0.122. The fourth-order valence-electron chi connectivity index (χ4n) is 1.61. The lowest BCUT2D eigenvalue weighted by Crippen LogP contribution is -2.21. The molecule has 20 heavy (non-hydrogen) atoms. The van der Waals surface area contributed by atoms with Crippen molar-refractivity contribution in [2.24, 2.45) is 5.73 Å². The molecular weight excluding hydrogens is 262 g/mol. The average Bonchev–Trinajstić information content (AvgIpc) is 2.86. The van der Waals surface area contributed by atoms with Crippen LogP contribution in [0.4, 0.5) is 11.8 Å². The maximum absolute atomic E-state index is 10.5. The number of carbonyl (C=O) groups excluding carboxylic acids is 1. The van der Waals surface area contributed by atoms with Crippen LogP contribution in [0.25, 0.3) is 11.2 Å². The van der Waals surface area contributed by atoms with Crippen molar-refractivity contribution in [1.29, 1.82) is 0 Å². The lowest BCUT2D eigenvalue weighted by atomic mass is 10.4. The van der Waals surface area contributed by atoms with Gasteiger partial charge in [0.1, 0.15) is 12.1 Å². The van der Waals surface area contributed by atoms with Crippen molar-refractivity contribution in [3.05, 3.63) is 6.33 Å². The van der Waals surface area contributed by atoms with E-state index in [4.69, 9.17) is 10.5 Å². The summed E-state index contributed by atoms with van der Waals surface area (Å²) in [4.78, 5) is 26.2. The molecule has 0 saturated carbocycles. The van der Waals surface area contributed by atoms with Crippen molar-refractivity contribution < 1.29 is 9.53 Å². The van der Waals surface area contributed by atoms with E-state index in [-0.39, 0.29) is 6.61 Å². The molecule has 1 amide bonds. The molecule has 0 fully saturated rings. The number of amides is 1. The third-order valence-corrected chi connectivity index (χ3v) is 2.40. The van der Waals surface area contributed by atoms with Crippen molar-refractivity contribution in [1.82, 2.24) is 19.9 Å². The topological polar surface area (TPSA) is 131 Å². The van der Waals surface area contributed by atoms with Crippen LogP contribution >= 0.6 is 0 Å². The average molecular weight is 279 g/mol. The summed E-state index contributed by atoms with van der Waals surface area (Å²) >= 11 is 0. The molecule has 0 aromatic carbocycles. The van der Waals surface area contributed by atoms with Gasteiger partial charge in [-0.05, 0) is 6.92 Å². The van der Waals surface area contributed by atoms with Gasteiger partial charge in [-0.3, -0.25) is 4.79 Å². The van der Waals surface area contributed by atoms with E-state index in [9.17, 15) is 4.79 Å². The van der Waals surface area contributed by atoms with Crippen LogP contribution < -0.4 is 16.4 Å². The highest BCUT2D eigenvalue weighted by Gasteiger charge is 2.09. The number of anilines is 2. The van der Waals surface area contributed by atoms with Gasteiger partial charge in [-0.15, -0.1) is 0 Å². The van der Waals surface area contributed by atoms with Crippen molar-refractivity contribution >= 4 is 28.8 Å². The first kappa shape index (κ1) is 14.0. The number of carbonyl (C=O) groups is 1. The van der Waals surface area contributed by atoms with Crippen LogP contribution in [0.2, 0.25) is 0 Å². The van der Waals surface area contributed by atoms with Gasteiger partial charge >= 0.3 is 0 Å². The minimum absolute atomic E-state index is 0.0897. The van der Waals surface area contributed by atoms with Crippen molar-refractivity contribution in [3.63, 3.8) is 0 Å². The number of H-pyrrole nitrogens is 1. The second-order valence-corrected chi connectivity index (χ2v) is 3.97. The largest absolute Gasteiger partial charge is 0.370 e. The highest BCUT2D eigenvalue weighted by atomic mass is 16.5. The summed E-state index contributed by atoms with van der Waals surface area (Å²) in [5.74, 6) is 0.649. The highest BCUT2D eigenvalue weighted by Crippen LogP contribution is 2.18. The van der Waals surface area contributed by atoms with E-state index in [2.05, 4.69) is 30.6 Å². The molecule has 0 saturated heterocycles. The Balaban J connectivity index is 2.00. The molecule has 0 spiro atoms. The number of rotatable bonds is 8. The number of primary amides is 1. The molecule has 2 heterocycles. The summed E-state index contributed by atoms with van der Waals surface area (Å²) < 4.78 is 5.07. The smallest absolute Gasteiger partial charge is 0.243 e. The van der Waals surface area contributed by atoms with E-state index in [0.29, 0.717) is 30.6 Å². The number of imidazole rings is 1. The fourth-order valence-corrected chi connectivity index (χ4v) is 1.61. The number of aromatic amines is 1. The summed E-state index contributed by atoms with van der Waals surface area (Å²) in [5.41, 5.74) is 6.28. The monoisotopic (exact) mass is 279 g/mol. The van der Waals surface area contributed by atoms with Gasteiger partial charge in [0, 0.05) is 13.1 Å². The fraction of sp³-hybridized carbons (Fsp3) is 0.455. The van der Waals surface area contributed by atoms with Gasteiger partial charge in [-0.2, -0.15) is 9.97 Å². The molecule has 0 atom stereocenters. The van der Waals surface area contributed by atoms with Gasteiger partial charge in [0.15, 0.2) is 11.5 Å². The molecule has 9 nitrogen and oxygen atoms in total. The van der Waals surface area contributed by atoms with Crippen LogP contribution in [0.3, 0.4) is 0 Å². The molecular formula is C11H17N7O2. The van der Waals surface area contributed by atoms with E-state index < -0.39 is 5.91 Å². The zero-order chi connectivity index (χ0) is 14.4. The Morgan fingerprint density at radius 1 is 1.45 bits per heavy atom. The molecule has 2 rings (SSSR count). The second kappa shape index (κ2) is 6.66. The third-order valence-electron chi connectivity index (χ3n) is 2.40. The van der Waals surface area contributed by atoms with Gasteiger partial charge in [0.2, 0.25) is 11.9 Å². The van der Waals surface area contributed by atoms with Gasteiger partial charge in [0.25, 0.3) is 0 Å². The number of nitrogens with zero attached hydrogens (tertiary/aromatic N) is 3. The molecule has 0 aliphatic heterocycles. The number of aromatic nitrogens is 4. The Morgan fingerprint density at radius 3 is 3.05 bits per heavy atom. The van der Waals surface area contributed by atoms with E-state index in [1.54, 1.807) is 6.33 Å². The first-order chi connectivity index (χ1) is 9.70. The molecule has 0 radical (unpaired) electrons. The Hall–Kier alpha value is -2.42. The number of hydrogen-bond acceptors (Lipinski definition) is 7. The molecule has 0 aliphatic carbocycles. The van der Waals surface area contributed by atoms with Crippen LogP contribution in [0.15, 0.2) is 6.33 Å². The zero-order valence-electron chi connectivity index (χ0n) is 11.1. The Labute approximate surface area is 115 Å². The Kier molecular flexibility index (Phi) is 4.66. The molecule has 0 aliphatic rings. The lowest BCUT2D eigenvalue weighted by Gasteiger charge is -2.08. The molecule has 2 aromatic rings. The normalized spacial score (nSPS) is 10.7. The molecule has 0 unspecified atom stereocenters. The maximum Gasteiger partial charge on any atom is 0.243 e. The van der Waals surface area contributed by atoms with Gasteiger partial charge in [0.05, 0.1) is 12.9 Å². The SMILES string of the molecule is CCNc1nc(NCCOCC(N)=O)c2[nH]cnc2n1. The summed E-state index contributed by atoms with van der Waals surface area (Å²) in [6, 6.07) is 0. The summed E-state index contributed by atoms with van der Waals surface area (Å²) in [7, 11) is 0. The third kappa shape index (κ3) is 3.54. The molecule has 5 N–H and O–H groups in total. The summed E-state index contributed by atoms with van der Waals surface area (Å²) in [5, 5.41) is 6.14. The maximum atomic E-state index is 10.5. The van der Waals surface area contributed by atoms with Crippen LogP contribution in [-0.2, 0) is 9.53 Å². The van der Waals surface area contributed by atoms with E-state index in [0.717, 1.165) is 12.1 Å². The summed E-state index contributed by atoms with van der Waals surface area (Å²) in [6.07, 6.45) is 1.56. The van der Waals surface area contributed by atoms with Crippen LogP contribution in [-0.4, -0.2) is 52.1 Å². The van der Waals surface area contributed by atoms with Crippen LogP contribution in [0.5, 0.6) is 0 Å². The zero-order valence-corrected chi connectivity index (χ0v) is 11.1. The van der Waals surface area contributed by atoms with Crippen LogP contribution in [0, 0.1) is 0 Å². The van der Waals surface area contributed by atoms with Crippen molar-refractivity contribution in [3.8, 4) is 0 Å². The summed E-state index contributed by atoms with van der Waals surface area (Å²) in [6.45, 7) is 3.43. The Morgan fingerprint density at radius 2 is 2.30 bits per heavy atom. The molecule has 0 bridgehead atoms. The van der Waals surface area contributed by atoms with Crippen molar-refractivity contribution in [2.45, 2.75) is 6.92 Å². The predicted molar refractivity (Wildman–Crippen MR) is 74.4 cm³/mol. The second-order valence-electron chi connectivity index (χ2n) is 3.97. The number of nitrogens with one attached hydrogen (secondary N) is 3. The standard InChI is InChI=1S/C11H17N7O2/c1-2-13-11-17-9(8-10(18-11)16-6-15-8)14-3-4-20-5-7(12)19/h6H,2-5H2,1H3,(H2,12,19)(H3,13,14,15,16,17,18). The van der Waals surface area contributed by atoms with Gasteiger partial charge in [-0.25, -0.2) is 4.98 Å². The minimum Gasteiger partial charge on any atom is -0.370 e. The number of nitrogens with two attached hydrogens (primary N) is 1. The van der Waals surface area contributed by atoms with E-state index in [1.165, 1.54) is 0 Å². The minimum atomic E-state index is -0.488. The highest BCUT2D eigenvalue weighted by molar-refractivity contribution is 5.83. The molecule has 9 heteroatoms. The number of ether oxygens (including phenoxy) is 1. The van der Waals surface area contributed by atoms with Gasteiger partial charge < -0.3 is 26.1 Å². The van der Waals surface area contributed by atoms with Gasteiger partial charge in [-0.1, -0.05) is 0 Å². The number of fused-ring (bicyclic) bond motifs is 1.